The number of carbonyl (C=O) groups excluding carboxylic acids is 1. The lowest BCUT2D eigenvalue weighted by Crippen LogP contribution is -2.51. The summed E-state index contributed by atoms with van der Waals surface area (Å²) in [4.78, 5) is 12.5. The quantitative estimate of drug-likeness (QED) is 0.948. The minimum absolute atomic E-state index is 0.228. The molecule has 4 nitrogen and oxygen atoms in total. The second-order valence-corrected chi connectivity index (χ2v) is 5.82. The fraction of sp³-hybridized carbons (Fsp3) is 0.263. The number of benzene rings is 2. The minimum atomic E-state index is -0.842. The van der Waals surface area contributed by atoms with Gasteiger partial charge in [0.25, 0.3) is 5.91 Å². The number of hydrogen-bond acceptors (Lipinski definition) is 3. The molecule has 3 rings (SSSR count). The number of carbonyl (C=O) groups is 1. The Morgan fingerprint density at radius 1 is 1.17 bits per heavy atom. The van der Waals surface area contributed by atoms with Crippen molar-refractivity contribution < 1.29 is 9.53 Å². The fourth-order valence-corrected chi connectivity index (χ4v) is 3.00. The van der Waals surface area contributed by atoms with Crippen molar-refractivity contribution in [1.82, 2.24) is 5.32 Å². The van der Waals surface area contributed by atoms with Gasteiger partial charge >= 0.3 is 0 Å². The molecule has 2 aromatic carbocycles. The number of nitrogens with zero attached hydrogens (tertiary/aromatic N) is 1. The van der Waals surface area contributed by atoms with Crippen LogP contribution in [-0.2, 0) is 12.8 Å². The molecule has 0 bridgehead atoms. The maximum Gasteiger partial charge on any atom is 0.252 e. The van der Waals surface area contributed by atoms with E-state index in [1.165, 1.54) is 5.56 Å². The summed E-state index contributed by atoms with van der Waals surface area (Å²) in [6, 6.07) is 17.3. The van der Waals surface area contributed by atoms with Crippen molar-refractivity contribution >= 4 is 5.91 Å². The first-order chi connectivity index (χ1) is 11.2. The van der Waals surface area contributed by atoms with E-state index in [1.54, 1.807) is 31.4 Å². The van der Waals surface area contributed by atoms with Gasteiger partial charge < -0.3 is 10.1 Å². The van der Waals surface area contributed by atoms with Gasteiger partial charge in [-0.3, -0.25) is 4.79 Å². The van der Waals surface area contributed by atoms with E-state index in [0.29, 0.717) is 24.2 Å². The third-order valence-corrected chi connectivity index (χ3v) is 4.35. The van der Waals surface area contributed by atoms with Crippen LogP contribution in [-0.4, -0.2) is 18.6 Å². The molecule has 1 atom stereocenters. The first-order valence-electron chi connectivity index (χ1n) is 7.60. The van der Waals surface area contributed by atoms with E-state index >= 15 is 0 Å². The van der Waals surface area contributed by atoms with Crippen LogP contribution in [0.15, 0.2) is 48.5 Å². The lowest BCUT2D eigenvalue weighted by atomic mass is 9.78. The molecule has 0 aromatic heterocycles. The Hall–Kier alpha value is -2.80. The molecule has 2 aromatic rings. The normalized spacial score (nSPS) is 19.3. The van der Waals surface area contributed by atoms with E-state index in [4.69, 9.17) is 4.74 Å². The summed E-state index contributed by atoms with van der Waals surface area (Å²) in [5.74, 6) is 0.469. The van der Waals surface area contributed by atoms with Crippen LogP contribution < -0.4 is 10.1 Å². The van der Waals surface area contributed by atoms with E-state index in [2.05, 4.69) is 17.5 Å². The number of fused-ring (bicyclic) bond motifs is 1. The predicted octanol–water partition coefficient (Wildman–Crippen LogP) is 2.88. The van der Waals surface area contributed by atoms with Gasteiger partial charge in [0.15, 0.2) is 0 Å². The van der Waals surface area contributed by atoms with E-state index in [1.807, 2.05) is 18.2 Å². The Morgan fingerprint density at radius 2 is 1.87 bits per heavy atom. The van der Waals surface area contributed by atoms with E-state index in [0.717, 1.165) is 12.0 Å². The predicted molar refractivity (Wildman–Crippen MR) is 87.3 cm³/mol. The summed E-state index contributed by atoms with van der Waals surface area (Å²) in [7, 11) is 1.58. The van der Waals surface area contributed by atoms with Crippen LogP contribution in [0.5, 0.6) is 5.75 Å². The van der Waals surface area contributed by atoms with Gasteiger partial charge in [-0.1, -0.05) is 24.3 Å². The first kappa shape index (κ1) is 15.1. The number of ether oxygens (including phenoxy) is 1. The molecule has 0 radical (unpaired) electrons. The van der Waals surface area contributed by atoms with Crippen molar-refractivity contribution in [3.05, 3.63) is 65.2 Å². The van der Waals surface area contributed by atoms with Gasteiger partial charge in [-0.25, -0.2) is 0 Å². The number of aryl methyl sites for hydroxylation is 1. The summed E-state index contributed by atoms with van der Waals surface area (Å²) in [5.41, 5.74) is 2.08. The molecule has 0 saturated heterocycles. The number of hydrogen-bond donors (Lipinski definition) is 1. The smallest absolute Gasteiger partial charge is 0.252 e. The zero-order valence-electron chi connectivity index (χ0n) is 13.0. The topological polar surface area (TPSA) is 62.1 Å². The average Bonchev–Trinajstić information content (AvgIpc) is 2.61. The van der Waals surface area contributed by atoms with Crippen molar-refractivity contribution in [2.45, 2.75) is 24.8 Å². The molecular formula is C19H18N2O2. The average molecular weight is 306 g/mol. The van der Waals surface area contributed by atoms with Gasteiger partial charge in [0.1, 0.15) is 11.3 Å². The van der Waals surface area contributed by atoms with Gasteiger partial charge in [-0.15, -0.1) is 0 Å². The maximum absolute atomic E-state index is 12.5. The molecule has 0 aliphatic heterocycles. The molecule has 1 aliphatic carbocycles. The van der Waals surface area contributed by atoms with Crippen molar-refractivity contribution in [3.63, 3.8) is 0 Å². The lowest BCUT2D eigenvalue weighted by Gasteiger charge is -2.33. The van der Waals surface area contributed by atoms with Gasteiger partial charge in [0.2, 0.25) is 0 Å². The first-order valence-corrected chi connectivity index (χ1v) is 7.60. The zero-order chi connectivity index (χ0) is 16.3. The highest BCUT2D eigenvalue weighted by Gasteiger charge is 2.36. The standard InChI is InChI=1S/C19H18N2O2/c1-23-17-8-6-15(7-9-17)18(22)21-19(13-20)11-10-14-4-2-3-5-16(14)12-19/h2-9H,10-12H2,1H3,(H,21,22)/t19-/m0/s1. The third-order valence-electron chi connectivity index (χ3n) is 4.35. The summed E-state index contributed by atoms with van der Waals surface area (Å²) >= 11 is 0. The molecule has 4 heteroatoms. The van der Waals surface area contributed by atoms with Crippen LogP contribution in [0.1, 0.15) is 27.9 Å². The minimum Gasteiger partial charge on any atom is -0.497 e. The van der Waals surface area contributed by atoms with Crippen LogP contribution >= 0.6 is 0 Å². The number of methoxy groups -OCH3 is 1. The van der Waals surface area contributed by atoms with Gasteiger partial charge in [0.05, 0.1) is 13.2 Å². The van der Waals surface area contributed by atoms with Crippen molar-refractivity contribution in [1.29, 1.82) is 5.26 Å². The van der Waals surface area contributed by atoms with Crippen molar-refractivity contribution in [2.75, 3.05) is 7.11 Å². The molecule has 1 N–H and O–H groups in total. The highest BCUT2D eigenvalue weighted by atomic mass is 16.5. The van der Waals surface area contributed by atoms with Gasteiger partial charge in [-0.05, 0) is 48.2 Å². The van der Waals surface area contributed by atoms with E-state index < -0.39 is 5.54 Å². The fourth-order valence-electron chi connectivity index (χ4n) is 3.00. The molecule has 0 saturated carbocycles. The zero-order valence-corrected chi connectivity index (χ0v) is 13.0. The summed E-state index contributed by atoms with van der Waals surface area (Å²) < 4.78 is 5.09. The largest absolute Gasteiger partial charge is 0.497 e. The molecule has 0 spiro atoms. The molecular weight excluding hydrogens is 288 g/mol. The molecule has 0 fully saturated rings. The van der Waals surface area contributed by atoms with E-state index in [9.17, 15) is 10.1 Å². The van der Waals surface area contributed by atoms with Crippen LogP contribution in [0.25, 0.3) is 0 Å². The Balaban J connectivity index is 1.79. The Morgan fingerprint density at radius 3 is 2.52 bits per heavy atom. The number of nitriles is 1. The number of amides is 1. The van der Waals surface area contributed by atoms with Gasteiger partial charge in [0, 0.05) is 12.0 Å². The maximum atomic E-state index is 12.5. The molecule has 0 heterocycles. The molecule has 1 aliphatic rings. The molecule has 116 valence electrons. The van der Waals surface area contributed by atoms with Crippen molar-refractivity contribution in [2.24, 2.45) is 0 Å². The Bertz CT molecular complexity index is 762. The summed E-state index contributed by atoms with van der Waals surface area (Å²) in [6.07, 6.45) is 1.97. The Labute approximate surface area is 135 Å². The second-order valence-electron chi connectivity index (χ2n) is 5.82. The molecule has 1 amide bonds. The van der Waals surface area contributed by atoms with E-state index in [-0.39, 0.29) is 5.91 Å². The van der Waals surface area contributed by atoms with Gasteiger partial charge in [-0.2, -0.15) is 5.26 Å². The molecule has 0 unspecified atom stereocenters. The Kier molecular flexibility index (Phi) is 4.03. The monoisotopic (exact) mass is 306 g/mol. The number of nitrogens with one attached hydrogen (secondary N) is 1. The lowest BCUT2D eigenvalue weighted by molar-refractivity contribution is 0.0913. The number of rotatable bonds is 3. The van der Waals surface area contributed by atoms with Crippen LogP contribution in [0.2, 0.25) is 0 Å². The molecule has 23 heavy (non-hydrogen) atoms. The van der Waals surface area contributed by atoms with Crippen LogP contribution in [0.4, 0.5) is 0 Å². The SMILES string of the molecule is COc1ccc(C(=O)N[C@@]2(C#N)CCc3ccccc3C2)cc1. The summed E-state index contributed by atoms with van der Waals surface area (Å²) in [5, 5.41) is 12.6. The second kappa shape index (κ2) is 6.13. The van der Waals surface area contributed by atoms with Crippen LogP contribution in [0, 0.1) is 11.3 Å². The van der Waals surface area contributed by atoms with Crippen LogP contribution in [0.3, 0.4) is 0 Å². The third kappa shape index (κ3) is 3.04. The summed E-state index contributed by atoms with van der Waals surface area (Å²) in [6.45, 7) is 0. The highest BCUT2D eigenvalue weighted by Crippen LogP contribution is 2.28. The van der Waals surface area contributed by atoms with Crippen molar-refractivity contribution in [3.8, 4) is 11.8 Å². The highest BCUT2D eigenvalue weighted by molar-refractivity contribution is 5.95.